The van der Waals surface area contributed by atoms with Crippen LogP contribution < -0.4 is 21.3 Å². The largest absolute Gasteiger partial charge is 0.351 e. The lowest BCUT2D eigenvalue weighted by Crippen LogP contribution is -2.54. The van der Waals surface area contributed by atoms with Crippen molar-refractivity contribution in [1.82, 2.24) is 15.5 Å². The van der Waals surface area contributed by atoms with Gasteiger partial charge in [0, 0.05) is 28.9 Å². The van der Waals surface area contributed by atoms with Crippen molar-refractivity contribution in [2.24, 2.45) is 0 Å². The molecule has 0 spiro atoms. The van der Waals surface area contributed by atoms with Gasteiger partial charge in [0.1, 0.15) is 11.7 Å². The van der Waals surface area contributed by atoms with Crippen LogP contribution in [0.4, 0.5) is 16.2 Å². The number of fused-ring (bicyclic) bond motifs is 1. The number of urea groups is 1. The second-order valence-electron chi connectivity index (χ2n) is 9.23. The highest BCUT2D eigenvalue weighted by molar-refractivity contribution is 6.31. The molecule has 6 amide bonds. The van der Waals surface area contributed by atoms with Crippen LogP contribution in [0, 0.1) is 6.92 Å². The molecule has 0 radical (unpaired) electrons. The molecule has 5 rings (SSSR count). The molecule has 37 heavy (non-hydrogen) atoms. The number of amides is 6. The van der Waals surface area contributed by atoms with Crippen LogP contribution in [0.1, 0.15) is 42.0 Å². The Morgan fingerprint density at radius 3 is 2.57 bits per heavy atom. The van der Waals surface area contributed by atoms with E-state index in [4.69, 9.17) is 11.6 Å². The van der Waals surface area contributed by atoms with E-state index in [9.17, 15) is 24.0 Å². The van der Waals surface area contributed by atoms with E-state index in [-0.39, 0.29) is 30.6 Å². The van der Waals surface area contributed by atoms with E-state index in [2.05, 4.69) is 21.3 Å². The van der Waals surface area contributed by atoms with Gasteiger partial charge in [-0.05, 0) is 67.1 Å². The van der Waals surface area contributed by atoms with E-state index in [0.717, 1.165) is 34.1 Å². The smallest absolute Gasteiger partial charge is 0.319 e. The number of piperidine rings is 1. The number of hydrogen-bond donors (Lipinski definition) is 4. The molecule has 11 heteroatoms. The molecule has 2 atom stereocenters. The number of benzene rings is 2. The van der Waals surface area contributed by atoms with Gasteiger partial charge in [0.2, 0.25) is 11.8 Å². The molecule has 1 aliphatic carbocycles. The van der Waals surface area contributed by atoms with E-state index in [0.29, 0.717) is 22.8 Å². The SMILES string of the molecule is Cc1ccc(NC(=O)NC2CCc3ccc(NC4=CC(=O)N(C5CCC(=O)NC5=O)C4=O)cc32)cc1Cl. The molecule has 4 N–H and O–H groups in total. The fourth-order valence-corrected chi connectivity index (χ4v) is 4.96. The van der Waals surface area contributed by atoms with Crippen molar-refractivity contribution in [2.75, 3.05) is 10.6 Å². The van der Waals surface area contributed by atoms with Gasteiger partial charge in [-0.3, -0.25) is 29.4 Å². The summed E-state index contributed by atoms with van der Waals surface area (Å²) in [6, 6.07) is 9.20. The maximum atomic E-state index is 12.9. The number of rotatable bonds is 5. The topological polar surface area (TPSA) is 137 Å². The van der Waals surface area contributed by atoms with Gasteiger partial charge in [-0.1, -0.05) is 23.7 Å². The summed E-state index contributed by atoms with van der Waals surface area (Å²) in [6.45, 7) is 1.88. The van der Waals surface area contributed by atoms with Crippen LogP contribution in [-0.4, -0.2) is 40.6 Å². The maximum absolute atomic E-state index is 12.9. The molecule has 190 valence electrons. The summed E-state index contributed by atoms with van der Waals surface area (Å²) >= 11 is 6.14. The lowest BCUT2D eigenvalue weighted by atomic mass is 10.0. The molecule has 0 aromatic heterocycles. The predicted octanol–water partition coefficient (Wildman–Crippen LogP) is 2.93. The summed E-state index contributed by atoms with van der Waals surface area (Å²) in [5.41, 5.74) is 4.07. The van der Waals surface area contributed by atoms with Crippen molar-refractivity contribution in [2.45, 2.75) is 44.7 Å². The Kier molecular flexibility index (Phi) is 6.43. The lowest BCUT2D eigenvalue weighted by molar-refractivity contribution is -0.149. The molecule has 0 saturated carbocycles. The molecule has 0 bridgehead atoms. The van der Waals surface area contributed by atoms with Crippen LogP contribution in [0.2, 0.25) is 5.02 Å². The standard InChI is InChI=1S/C26H24ClN5O5/c1-13-2-5-16(11-18(13)27)29-26(37)30-19-7-4-14-3-6-15(10-17(14)19)28-20-12-23(34)32(25(20)36)21-8-9-22(33)31-24(21)35/h2-3,5-6,10-12,19,21,28H,4,7-9H2,1H3,(H2,29,30,37)(H,31,33,35). The molecule has 2 aromatic carbocycles. The second kappa shape index (κ2) is 9.70. The summed E-state index contributed by atoms with van der Waals surface area (Å²) in [6.07, 6.45) is 2.78. The first-order valence-corrected chi connectivity index (χ1v) is 12.2. The zero-order valence-corrected chi connectivity index (χ0v) is 20.6. The van der Waals surface area contributed by atoms with Crippen LogP contribution in [-0.2, 0) is 25.6 Å². The van der Waals surface area contributed by atoms with Gasteiger partial charge in [-0.2, -0.15) is 0 Å². The minimum Gasteiger partial charge on any atom is -0.351 e. The number of hydrogen-bond acceptors (Lipinski definition) is 6. The molecule has 1 saturated heterocycles. The Hall–Kier alpha value is -4.18. The molecule has 3 aliphatic rings. The van der Waals surface area contributed by atoms with E-state index >= 15 is 0 Å². The van der Waals surface area contributed by atoms with Gasteiger partial charge in [0.05, 0.1) is 6.04 Å². The Morgan fingerprint density at radius 1 is 1.03 bits per heavy atom. The summed E-state index contributed by atoms with van der Waals surface area (Å²) in [5.74, 6) is -2.34. The summed E-state index contributed by atoms with van der Waals surface area (Å²) in [7, 11) is 0. The number of imide groups is 2. The van der Waals surface area contributed by atoms with Crippen molar-refractivity contribution in [3.8, 4) is 0 Å². The summed E-state index contributed by atoms with van der Waals surface area (Å²) in [5, 5.41) is 11.5. The number of aryl methyl sites for hydroxylation is 2. The van der Waals surface area contributed by atoms with Crippen molar-refractivity contribution >= 4 is 52.6 Å². The Morgan fingerprint density at radius 2 is 1.81 bits per heavy atom. The third kappa shape index (κ3) is 4.92. The molecule has 2 aliphatic heterocycles. The van der Waals surface area contributed by atoms with Crippen molar-refractivity contribution in [1.29, 1.82) is 0 Å². The Labute approximate surface area is 217 Å². The highest BCUT2D eigenvalue weighted by atomic mass is 35.5. The first kappa shape index (κ1) is 24.5. The van der Waals surface area contributed by atoms with E-state index < -0.39 is 29.7 Å². The van der Waals surface area contributed by atoms with Gasteiger partial charge in [0.15, 0.2) is 0 Å². The van der Waals surface area contributed by atoms with Crippen LogP contribution >= 0.6 is 11.6 Å². The third-order valence-electron chi connectivity index (χ3n) is 6.71. The highest BCUT2D eigenvalue weighted by Crippen LogP contribution is 2.34. The maximum Gasteiger partial charge on any atom is 0.319 e. The van der Waals surface area contributed by atoms with E-state index in [1.165, 1.54) is 0 Å². The molecular formula is C26H24ClN5O5. The third-order valence-corrected chi connectivity index (χ3v) is 7.12. The Bertz CT molecular complexity index is 1390. The number of nitrogens with one attached hydrogen (secondary N) is 4. The van der Waals surface area contributed by atoms with Crippen LogP contribution in [0.25, 0.3) is 0 Å². The van der Waals surface area contributed by atoms with Gasteiger partial charge < -0.3 is 16.0 Å². The van der Waals surface area contributed by atoms with Crippen LogP contribution in [0.5, 0.6) is 0 Å². The van der Waals surface area contributed by atoms with Gasteiger partial charge in [-0.25, -0.2) is 4.79 Å². The quantitative estimate of drug-likeness (QED) is 0.447. The van der Waals surface area contributed by atoms with Crippen molar-refractivity contribution in [3.63, 3.8) is 0 Å². The minimum absolute atomic E-state index is 0.0335. The molecule has 1 fully saturated rings. The number of halogens is 1. The molecule has 2 aromatic rings. The van der Waals surface area contributed by atoms with Gasteiger partial charge >= 0.3 is 6.03 Å². The molecule has 2 heterocycles. The Balaban J connectivity index is 1.26. The summed E-state index contributed by atoms with van der Waals surface area (Å²) in [4.78, 5) is 62.6. The van der Waals surface area contributed by atoms with Crippen LogP contribution in [0.15, 0.2) is 48.2 Å². The lowest BCUT2D eigenvalue weighted by Gasteiger charge is -2.28. The normalized spacial score (nSPS) is 20.9. The molecule has 10 nitrogen and oxygen atoms in total. The number of carbonyl (C=O) groups excluding carboxylic acids is 5. The fraction of sp³-hybridized carbons (Fsp3) is 0.269. The summed E-state index contributed by atoms with van der Waals surface area (Å²) < 4.78 is 0. The zero-order chi connectivity index (χ0) is 26.3. The average molecular weight is 522 g/mol. The number of anilines is 2. The van der Waals surface area contributed by atoms with Crippen LogP contribution in [0.3, 0.4) is 0 Å². The fourth-order valence-electron chi connectivity index (χ4n) is 4.78. The number of nitrogens with zero attached hydrogens (tertiary/aromatic N) is 1. The average Bonchev–Trinajstić information content (AvgIpc) is 3.36. The van der Waals surface area contributed by atoms with Crippen molar-refractivity contribution < 1.29 is 24.0 Å². The monoisotopic (exact) mass is 521 g/mol. The van der Waals surface area contributed by atoms with Gasteiger partial charge in [-0.15, -0.1) is 0 Å². The molecule has 2 unspecified atom stereocenters. The zero-order valence-electron chi connectivity index (χ0n) is 19.9. The number of carbonyl (C=O) groups is 5. The first-order chi connectivity index (χ1) is 17.7. The molecular weight excluding hydrogens is 498 g/mol. The predicted molar refractivity (Wildman–Crippen MR) is 136 cm³/mol. The van der Waals surface area contributed by atoms with Gasteiger partial charge in [0.25, 0.3) is 11.8 Å². The second-order valence-corrected chi connectivity index (χ2v) is 9.64. The highest BCUT2D eigenvalue weighted by Gasteiger charge is 2.42. The first-order valence-electron chi connectivity index (χ1n) is 11.9. The van der Waals surface area contributed by atoms with Crippen molar-refractivity contribution in [3.05, 3.63) is 69.9 Å². The minimum atomic E-state index is -1.02. The van der Waals surface area contributed by atoms with E-state index in [1.807, 2.05) is 25.1 Å². The van der Waals surface area contributed by atoms with E-state index in [1.54, 1.807) is 18.2 Å².